The van der Waals surface area contributed by atoms with Crippen LogP contribution in [0.5, 0.6) is 0 Å². The average Bonchev–Trinajstić information content (AvgIpc) is 3.32. The van der Waals surface area contributed by atoms with Crippen LogP contribution in [0.4, 0.5) is 0 Å². The van der Waals surface area contributed by atoms with E-state index in [4.69, 9.17) is 0 Å². The van der Waals surface area contributed by atoms with E-state index in [-0.39, 0.29) is 0 Å². The summed E-state index contributed by atoms with van der Waals surface area (Å²) in [6, 6.07) is 4.46. The number of aromatic amines is 1. The fourth-order valence-corrected chi connectivity index (χ4v) is 3.62. The molecule has 4 heterocycles. The van der Waals surface area contributed by atoms with E-state index in [1.54, 1.807) is 6.20 Å². The van der Waals surface area contributed by atoms with Crippen LogP contribution in [-0.2, 0) is 13.6 Å². The van der Waals surface area contributed by atoms with Gasteiger partial charge in [0.15, 0.2) is 0 Å². The molecular weight excluding hydrogens is 300 g/mol. The lowest BCUT2D eigenvalue weighted by molar-refractivity contribution is 0.248. The van der Waals surface area contributed by atoms with Gasteiger partial charge in [0.2, 0.25) is 0 Å². The Balaban J connectivity index is 1.60. The highest BCUT2D eigenvalue weighted by atomic mass is 15.3. The Kier molecular flexibility index (Phi) is 3.90. The SMILES string of the molecule is Cc1c(C2CCCN2Cc2cn[nH]c2-c2cccnc2)cnn1C. The van der Waals surface area contributed by atoms with Crippen LogP contribution < -0.4 is 0 Å². The summed E-state index contributed by atoms with van der Waals surface area (Å²) in [6.07, 6.45) is 10.0. The molecule has 1 saturated heterocycles. The smallest absolute Gasteiger partial charge is 0.0710 e. The highest BCUT2D eigenvalue weighted by molar-refractivity contribution is 5.61. The monoisotopic (exact) mass is 322 g/mol. The Morgan fingerprint density at radius 1 is 1.29 bits per heavy atom. The highest BCUT2D eigenvalue weighted by Gasteiger charge is 2.29. The van der Waals surface area contributed by atoms with Gasteiger partial charge in [0.25, 0.3) is 0 Å². The Morgan fingerprint density at radius 2 is 2.21 bits per heavy atom. The van der Waals surface area contributed by atoms with Crippen molar-refractivity contribution in [3.05, 3.63) is 53.7 Å². The van der Waals surface area contributed by atoms with Crippen LogP contribution in [0, 0.1) is 6.92 Å². The zero-order valence-electron chi connectivity index (χ0n) is 14.1. The Labute approximate surface area is 141 Å². The molecule has 1 aliphatic rings. The van der Waals surface area contributed by atoms with E-state index >= 15 is 0 Å². The van der Waals surface area contributed by atoms with E-state index in [0.29, 0.717) is 6.04 Å². The van der Waals surface area contributed by atoms with Crippen molar-refractivity contribution < 1.29 is 0 Å². The van der Waals surface area contributed by atoms with E-state index in [0.717, 1.165) is 24.3 Å². The Hall–Kier alpha value is -2.47. The van der Waals surface area contributed by atoms with Crippen molar-refractivity contribution in [1.82, 2.24) is 29.9 Å². The molecule has 6 nitrogen and oxygen atoms in total. The Morgan fingerprint density at radius 3 is 2.96 bits per heavy atom. The third-order valence-corrected chi connectivity index (χ3v) is 5.04. The molecule has 1 fully saturated rings. The summed E-state index contributed by atoms with van der Waals surface area (Å²) < 4.78 is 1.96. The van der Waals surface area contributed by atoms with Crippen LogP contribution in [0.25, 0.3) is 11.3 Å². The number of nitrogens with zero attached hydrogens (tertiary/aromatic N) is 5. The summed E-state index contributed by atoms with van der Waals surface area (Å²) in [4.78, 5) is 6.75. The molecule has 1 aliphatic heterocycles. The number of aryl methyl sites for hydroxylation is 1. The van der Waals surface area contributed by atoms with Crippen molar-refractivity contribution in [3.8, 4) is 11.3 Å². The van der Waals surface area contributed by atoms with Crippen molar-refractivity contribution in [1.29, 1.82) is 0 Å². The second kappa shape index (κ2) is 6.20. The van der Waals surface area contributed by atoms with Crippen LogP contribution in [0.15, 0.2) is 36.9 Å². The molecule has 6 heteroatoms. The normalized spacial score (nSPS) is 18.3. The Bertz CT molecular complexity index is 819. The molecule has 0 radical (unpaired) electrons. The van der Waals surface area contributed by atoms with Gasteiger partial charge >= 0.3 is 0 Å². The van der Waals surface area contributed by atoms with E-state index < -0.39 is 0 Å². The summed E-state index contributed by atoms with van der Waals surface area (Å²) in [5, 5.41) is 11.8. The minimum Gasteiger partial charge on any atom is -0.292 e. The molecule has 0 saturated carbocycles. The second-order valence-corrected chi connectivity index (χ2v) is 6.45. The molecule has 4 rings (SSSR count). The molecule has 0 bridgehead atoms. The summed E-state index contributed by atoms with van der Waals surface area (Å²) in [5.41, 5.74) is 5.97. The third kappa shape index (κ3) is 2.63. The molecule has 0 amide bonds. The summed E-state index contributed by atoms with van der Waals surface area (Å²) in [5.74, 6) is 0. The van der Waals surface area contributed by atoms with E-state index in [2.05, 4.69) is 38.2 Å². The van der Waals surface area contributed by atoms with Gasteiger partial charge < -0.3 is 0 Å². The van der Waals surface area contributed by atoms with Gasteiger partial charge in [0.1, 0.15) is 0 Å². The van der Waals surface area contributed by atoms with Crippen LogP contribution in [-0.4, -0.2) is 36.4 Å². The maximum absolute atomic E-state index is 4.42. The minimum atomic E-state index is 0.440. The van der Waals surface area contributed by atoms with Gasteiger partial charge in [0, 0.05) is 54.4 Å². The van der Waals surface area contributed by atoms with Gasteiger partial charge in [0.05, 0.1) is 18.1 Å². The number of aromatic nitrogens is 5. The first kappa shape index (κ1) is 15.1. The standard InChI is InChI=1S/C18H22N6/c1-13-16(11-21-23(13)2)17-6-4-8-24(17)12-15-10-20-22-18(15)14-5-3-7-19-9-14/h3,5,7,9-11,17H,4,6,8,12H2,1-2H3,(H,20,22). The molecule has 3 aromatic heterocycles. The van der Waals surface area contributed by atoms with Crippen LogP contribution in [0.2, 0.25) is 0 Å². The van der Waals surface area contributed by atoms with Crippen LogP contribution in [0.1, 0.15) is 35.7 Å². The lowest BCUT2D eigenvalue weighted by Gasteiger charge is -2.24. The number of H-pyrrole nitrogens is 1. The fraction of sp³-hybridized carbons (Fsp3) is 0.389. The number of rotatable bonds is 4. The van der Waals surface area contributed by atoms with Gasteiger partial charge in [-0.2, -0.15) is 10.2 Å². The van der Waals surface area contributed by atoms with Crippen molar-refractivity contribution in [2.75, 3.05) is 6.54 Å². The third-order valence-electron chi connectivity index (χ3n) is 5.04. The summed E-state index contributed by atoms with van der Waals surface area (Å²) >= 11 is 0. The first-order valence-corrected chi connectivity index (χ1v) is 8.39. The van der Waals surface area contributed by atoms with Gasteiger partial charge in [-0.15, -0.1) is 0 Å². The maximum Gasteiger partial charge on any atom is 0.0710 e. The second-order valence-electron chi connectivity index (χ2n) is 6.45. The number of likely N-dealkylation sites (tertiary alicyclic amines) is 1. The lowest BCUT2D eigenvalue weighted by Crippen LogP contribution is -2.23. The lowest BCUT2D eigenvalue weighted by atomic mass is 10.0. The number of pyridine rings is 1. The van der Waals surface area contributed by atoms with Gasteiger partial charge in [-0.05, 0) is 38.4 Å². The highest BCUT2D eigenvalue weighted by Crippen LogP contribution is 2.35. The molecule has 1 N–H and O–H groups in total. The molecule has 1 unspecified atom stereocenters. The zero-order valence-corrected chi connectivity index (χ0v) is 14.1. The quantitative estimate of drug-likeness (QED) is 0.802. The average molecular weight is 322 g/mol. The first-order chi connectivity index (χ1) is 11.7. The van der Waals surface area contributed by atoms with E-state index in [1.807, 2.05) is 36.4 Å². The van der Waals surface area contributed by atoms with Gasteiger partial charge in [-0.1, -0.05) is 0 Å². The predicted octanol–water partition coefficient (Wildman–Crippen LogP) is 2.85. The van der Waals surface area contributed by atoms with Crippen LogP contribution in [0.3, 0.4) is 0 Å². The molecule has 124 valence electrons. The predicted molar refractivity (Wildman–Crippen MR) is 92.1 cm³/mol. The first-order valence-electron chi connectivity index (χ1n) is 8.39. The van der Waals surface area contributed by atoms with Crippen molar-refractivity contribution >= 4 is 0 Å². The number of nitrogens with one attached hydrogen (secondary N) is 1. The number of hydrogen-bond donors (Lipinski definition) is 1. The topological polar surface area (TPSA) is 62.6 Å². The molecule has 0 aromatic carbocycles. The molecule has 3 aromatic rings. The van der Waals surface area contributed by atoms with E-state index in [1.165, 1.54) is 29.7 Å². The molecule has 0 spiro atoms. The molecule has 24 heavy (non-hydrogen) atoms. The van der Waals surface area contributed by atoms with Crippen LogP contribution >= 0.6 is 0 Å². The van der Waals surface area contributed by atoms with Gasteiger partial charge in [-0.3, -0.25) is 19.7 Å². The maximum atomic E-state index is 4.42. The molecule has 0 aliphatic carbocycles. The largest absolute Gasteiger partial charge is 0.292 e. The molecule has 1 atom stereocenters. The summed E-state index contributed by atoms with van der Waals surface area (Å²) in [7, 11) is 2.01. The van der Waals surface area contributed by atoms with Crippen molar-refractivity contribution in [3.63, 3.8) is 0 Å². The fourth-order valence-electron chi connectivity index (χ4n) is 3.62. The van der Waals surface area contributed by atoms with E-state index in [9.17, 15) is 0 Å². The van der Waals surface area contributed by atoms with Gasteiger partial charge in [-0.25, -0.2) is 0 Å². The minimum absolute atomic E-state index is 0.440. The zero-order chi connectivity index (χ0) is 16.5. The molecular formula is C18H22N6. The van der Waals surface area contributed by atoms with Crippen molar-refractivity contribution in [2.45, 2.75) is 32.4 Å². The summed E-state index contributed by atoms with van der Waals surface area (Å²) in [6.45, 7) is 4.15. The number of hydrogen-bond acceptors (Lipinski definition) is 4. The van der Waals surface area contributed by atoms with Crippen molar-refractivity contribution in [2.24, 2.45) is 7.05 Å².